The Kier molecular flexibility index (Phi) is 2.75. The summed E-state index contributed by atoms with van der Waals surface area (Å²) in [5, 5.41) is -0.166. The largest absolute Gasteiger partial charge is 0.300 e. The zero-order valence-electron chi connectivity index (χ0n) is 8.88. The van der Waals surface area contributed by atoms with E-state index in [1.807, 2.05) is 0 Å². The van der Waals surface area contributed by atoms with Crippen LogP contribution in [0.5, 0.6) is 0 Å². The first kappa shape index (κ1) is 11.2. The topological polar surface area (TPSA) is 77.0 Å². The molecule has 86 valence electrons. The minimum absolute atomic E-state index is 0.154. The summed E-state index contributed by atoms with van der Waals surface area (Å²) in [6.07, 6.45) is 6.00. The Balaban J connectivity index is 2.23. The molecule has 1 aromatic rings. The molecule has 1 saturated carbocycles. The molecule has 0 radical (unpaired) electrons. The molecule has 16 heavy (non-hydrogen) atoms. The number of nitrogens with zero attached hydrogens (tertiary/aromatic N) is 2. The highest BCUT2D eigenvalue weighted by Gasteiger charge is 2.24. The third kappa shape index (κ3) is 2.27. The summed E-state index contributed by atoms with van der Waals surface area (Å²) in [5.41, 5.74) is 0.846. The second-order valence-corrected chi connectivity index (χ2v) is 5.96. The van der Waals surface area contributed by atoms with Crippen molar-refractivity contribution in [1.82, 2.24) is 9.97 Å². The van der Waals surface area contributed by atoms with Crippen LogP contribution >= 0.6 is 0 Å². The monoisotopic (exact) mass is 240 g/mol. The minimum Gasteiger partial charge on any atom is -0.300 e. The Labute approximate surface area is 93.8 Å². The van der Waals surface area contributed by atoms with Gasteiger partial charge in [-0.3, -0.25) is 4.79 Å². The smallest absolute Gasteiger partial charge is 0.246 e. The molecule has 0 aromatic carbocycles. The van der Waals surface area contributed by atoms with Gasteiger partial charge >= 0.3 is 0 Å². The average molecular weight is 240 g/mol. The summed E-state index contributed by atoms with van der Waals surface area (Å²) in [5.74, 6) is 0.401. The molecule has 1 aromatic heterocycles. The van der Waals surface area contributed by atoms with Crippen molar-refractivity contribution in [3.05, 3.63) is 18.0 Å². The van der Waals surface area contributed by atoms with E-state index >= 15 is 0 Å². The van der Waals surface area contributed by atoms with Crippen molar-refractivity contribution in [2.75, 3.05) is 6.26 Å². The van der Waals surface area contributed by atoms with E-state index in [4.69, 9.17) is 0 Å². The van der Waals surface area contributed by atoms with Crippen LogP contribution in [0.2, 0.25) is 0 Å². The zero-order chi connectivity index (χ0) is 11.8. The summed E-state index contributed by atoms with van der Waals surface area (Å²) in [4.78, 5) is 18.7. The summed E-state index contributed by atoms with van der Waals surface area (Å²) in [7, 11) is -3.34. The number of sulfone groups is 1. The quantitative estimate of drug-likeness (QED) is 0.712. The van der Waals surface area contributed by atoms with E-state index in [0.717, 1.165) is 18.2 Å². The lowest BCUT2D eigenvalue weighted by Crippen LogP contribution is -2.05. The van der Waals surface area contributed by atoms with Crippen LogP contribution in [-0.2, 0) is 14.6 Å². The van der Waals surface area contributed by atoms with E-state index in [-0.39, 0.29) is 16.9 Å². The van der Waals surface area contributed by atoms with Crippen LogP contribution in [-0.4, -0.2) is 30.4 Å². The number of hydrogen-bond donors (Lipinski definition) is 0. The minimum atomic E-state index is -3.34. The average Bonchev–Trinajstić information content (AvgIpc) is 2.64. The maximum absolute atomic E-state index is 11.1. The number of rotatable bonds is 2. The van der Waals surface area contributed by atoms with Crippen LogP contribution in [0.3, 0.4) is 0 Å². The normalized spacial score (nSPS) is 21.3. The van der Waals surface area contributed by atoms with Crippen molar-refractivity contribution >= 4 is 15.6 Å². The summed E-state index contributed by atoms with van der Waals surface area (Å²) in [6.45, 7) is 0. The summed E-state index contributed by atoms with van der Waals surface area (Å²) < 4.78 is 22.3. The molecule has 1 aliphatic carbocycles. The second kappa shape index (κ2) is 3.93. The van der Waals surface area contributed by atoms with Crippen LogP contribution in [0, 0.1) is 0 Å². The molecule has 0 aliphatic heterocycles. The molecule has 0 spiro atoms. The molecule has 0 amide bonds. The van der Waals surface area contributed by atoms with Gasteiger partial charge in [0.05, 0.1) is 0 Å². The first-order valence-corrected chi connectivity index (χ1v) is 6.89. The van der Waals surface area contributed by atoms with Crippen molar-refractivity contribution in [2.45, 2.75) is 30.3 Å². The first-order valence-electron chi connectivity index (χ1n) is 5.00. The van der Waals surface area contributed by atoms with Crippen molar-refractivity contribution in [2.24, 2.45) is 0 Å². The molecule has 0 N–H and O–H groups in total. The number of ketones is 1. The van der Waals surface area contributed by atoms with Crippen LogP contribution in [0.25, 0.3) is 0 Å². The predicted octanol–water partition coefficient (Wildman–Crippen LogP) is 0.717. The van der Waals surface area contributed by atoms with Crippen molar-refractivity contribution in [1.29, 1.82) is 0 Å². The maximum Gasteiger partial charge on any atom is 0.246 e. The van der Waals surface area contributed by atoms with Gasteiger partial charge in [0.25, 0.3) is 0 Å². The molecule has 1 atom stereocenters. The third-order valence-corrected chi connectivity index (χ3v) is 3.57. The molecule has 0 bridgehead atoms. The Morgan fingerprint density at radius 1 is 1.31 bits per heavy atom. The van der Waals surface area contributed by atoms with Crippen LogP contribution < -0.4 is 0 Å². The fourth-order valence-corrected chi connectivity index (χ4v) is 2.32. The van der Waals surface area contributed by atoms with Gasteiger partial charge in [-0.25, -0.2) is 18.4 Å². The first-order chi connectivity index (χ1) is 7.47. The SMILES string of the molecule is CS(=O)(=O)c1ncc([C@@H]2CCC(=O)C2)cn1. The standard InChI is InChI=1S/C10H12N2O3S/c1-16(14,15)10-11-5-8(6-12-10)7-2-3-9(13)4-7/h5-7H,2-4H2,1H3/t7-/m1/s1. The lowest BCUT2D eigenvalue weighted by molar-refractivity contribution is -0.117. The van der Waals surface area contributed by atoms with Crippen LogP contribution in [0.1, 0.15) is 30.7 Å². The number of aromatic nitrogens is 2. The van der Waals surface area contributed by atoms with Crippen molar-refractivity contribution < 1.29 is 13.2 Å². The van der Waals surface area contributed by atoms with Gasteiger partial charge in [-0.05, 0) is 17.9 Å². The van der Waals surface area contributed by atoms with Gasteiger partial charge in [0.15, 0.2) is 0 Å². The van der Waals surface area contributed by atoms with Gasteiger partial charge in [-0.1, -0.05) is 0 Å². The number of hydrogen-bond acceptors (Lipinski definition) is 5. The molecule has 6 heteroatoms. The van der Waals surface area contributed by atoms with Gasteiger partial charge in [-0.15, -0.1) is 0 Å². The van der Waals surface area contributed by atoms with E-state index in [9.17, 15) is 13.2 Å². The molecule has 1 heterocycles. The molecule has 1 aliphatic rings. The fourth-order valence-electron chi connectivity index (χ4n) is 1.83. The molecule has 0 unspecified atom stereocenters. The van der Waals surface area contributed by atoms with Gasteiger partial charge in [0.2, 0.25) is 15.0 Å². The Morgan fingerprint density at radius 3 is 2.38 bits per heavy atom. The van der Waals surface area contributed by atoms with Crippen LogP contribution in [0.4, 0.5) is 0 Å². The number of carbonyl (C=O) groups is 1. The highest BCUT2D eigenvalue weighted by Crippen LogP contribution is 2.31. The van der Waals surface area contributed by atoms with E-state index < -0.39 is 9.84 Å². The van der Waals surface area contributed by atoms with E-state index in [2.05, 4.69) is 9.97 Å². The number of Topliss-reactive ketones (excluding diaryl/α,β-unsaturated/α-hetero) is 1. The molecule has 0 saturated heterocycles. The molecule has 5 nitrogen and oxygen atoms in total. The van der Waals surface area contributed by atoms with Gasteiger partial charge < -0.3 is 0 Å². The highest BCUT2D eigenvalue weighted by molar-refractivity contribution is 7.90. The molecular formula is C10H12N2O3S. The second-order valence-electron chi connectivity index (χ2n) is 4.05. The molecule has 1 fully saturated rings. The molecule has 2 rings (SSSR count). The van der Waals surface area contributed by atoms with E-state index in [1.165, 1.54) is 12.4 Å². The lowest BCUT2D eigenvalue weighted by Gasteiger charge is -2.07. The lowest BCUT2D eigenvalue weighted by atomic mass is 10.0. The molecular weight excluding hydrogens is 228 g/mol. The van der Waals surface area contributed by atoms with Gasteiger partial charge in [0, 0.05) is 31.5 Å². The zero-order valence-corrected chi connectivity index (χ0v) is 9.70. The Bertz CT molecular complexity index is 507. The third-order valence-electron chi connectivity index (χ3n) is 2.70. The summed E-state index contributed by atoms with van der Waals surface area (Å²) in [6, 6.07) is 0. The predicted molar refractivity (Wildman–Crippen MR) is 56.7 cm³/mol. The van der Waals surface area contributed by atoms with Gasteiger partial charge in [-0.2, -0.15) is 0 Å². The van der Waals surface area contributed by atoms with E-state index in [0.29, 0.717) is 12.8 Å². The van der Waals surface area contributed by atoms with Gasteiger partial charge in [0.1, 0.15) is 5.78 Å². The number of carbonyl (C=O) groups excluding carboxylic acids is 1. The fraction of sp³-hybridized carbons (Fsp3) is 0.500. The van der Waals surface area contributed by atoms with Crippen molar-refractivity contribution in [3.8, 4) is 0 Å². The maximum atomic E-state index is 11.1. The van der Waals surface area contributed by atoms with Crippen molar-refractivity contribution in [3.63, 3.8) is 0 Å². The Hall–Kier alpha value is -1.30. The Morgan fingerprint density at radius 2 is 1.94 bits per heavy atom. The van der Waals surface area contributed by atoms with E-state index in [1.54, 1.807) is 0 Å². The van der Waals surface area contributed by atoms with Crippen LogP contribution in [0.15, 0.2) is 17.6 Å². The highest BCUT2D eigenvalue weighted by atomic mass is 32.2. The summed E-state index contributed by atoms with van der Waals surface area (Å²) >= 11 is 0.